The summed E-state index contributed by atoms with van der Waals surface area (Å²) in [5, 5.41) is 3.07. The molecule has 1 N–H and O–H groups in total. The molecule has 1 amide bonds. The maximum absolute atomic E-state index is 12.5. The Kier molecular flexibility index (Phi) is 27.8. The molecule has 0 aliphatic heterocycles. The Morgan fingerprint density at radius 2 is 0.922 bits per heavy atom. The topological polar surface area (TPSA) is 84.5 Å². The van der Waals surface area contributed by atoms with E-state index in [1.807, 2.05) is 0 Å². The summed E-state index contributed by atoms with van der Waals surface area (Å²) in [4.78, 5) is 12.5. The van der Waals surface area contributed by atoms with Crippen molar-refractivity contribution in [2.24, 2.45) is 0 Å². The number of nitrogens with one attached hydrogen (secondary N) is 1. The van der Waals surface area contributed by atoms with Crippen LogP contribution in [0.1, 0.15) is 77.6 Å². The molecule has 0 aromatic heterocycles. The molecule has 0 saturated heterocycles. The zero-order valence-corrected chi connectivity index (χ0v) is 43.7. The van der Waals surface area contributed by atoms with Crippen LogP contribution in [0.15, 0.2) is 0 Å². The van der Waals surface area contributed by atoms with Gasteiger partial charge in [0.1, 0.15) is 6.61 Å². The molecule has 0 fully saturated rings. The number of rotatable bonds is 34. The van der Waals surface area contributed by atoms with E-state index < -0.39 is 59.9 Å². The SMILES string of the molecule is CCCCCCCCCCCCOCCOCC(=O)NCCC[Si](C)(O[Si](C)(C)CC[Si](C)(C)O[SiH](C)C)O[Si](C)(C)CC[Si](C)(C)O[SiH](C)C. The van der Waals surface area contributed by atoms with Gasteiger partial charge in [0.2, 0.25) is 5.91 Å². The summed E-state index contributed by atoms with van der Waals surface area (Å²) < 4.78 is 38.8. The number of unbranched alkanes of at least 4 members (excludes halogenated alkanes) is 9. The number of carbonyl (C=O) groups excluding carboxylic acids is 1. The molecule has 0 bridgehead atoms. The number of carbonyl (C=O) groups is 1. The molecule has 8 nitrogen and oxygen atoms in total. The van der Waals surface area contributed by atoms with Crippen LogP contribution < -0.4 is 5.32 Å². The lowest BCUT2D eigenvalue weighted by atomic mass is 10.1. The van der Waals surface area contributed by atoms with E-state index in [0.717, 1.165) is 49.7 Å². The van der Waals surface area contributed by atoms with Crippen molar-refractivity contribution in [3.05, 3.63) is 0 Å². The first-order valence-corrected chi connectivity index (χ1v) is 41.3. The predicted octanol–water partition coefficient (Wildman–Crippen LogP) is 10.4. The Bertz CT molecular complexity index is 856. The minimum absolute atomic E-state index is 0.0684. The fourth-order valence-corrected chi connectivity index (χ4v) is 39.9. The van der Waals surface area contributed by atoms with Crippen LogP contribution in [0, 0.1) is 0 Å². The average Bonchev–Trinajstić information content (AvgIpc) is 2.98. The zero-order chi connectivity index (χ0) is 39.0. The molecule has 0 radical (unpaired) electrons. The fraction of sp³-hybridized carbons (Fsp3) is 0.972. The van der Waals surface area contributed by atoms with Gasteiger partial charge in [-0.2, -0.15) is 0 Å². The van der Waals surface area contributed by atoms with Crippen LogP contribution in [0.25, 0.3) is 0 Å². The van der Waals surface area contributed by atoms with Gasteiger partial charge in [0.15, 0.2) is 51.4 Å². The lowest BCUT2D eigenvalue weighted by Gasteiger charge is -2.42. The van der Waals surface area contributed by atoms with Gasteiger partial charge >= 0.3 is 8.56 Å². The van der Waals surface area contributed by atoms with Crippen molar-refractivity contribution in [3.63, 3.8) is 0 Å². The summed E-state index contributed by atoms with van der Waals surface area (Å²) in [6.45, 7) is 35.0. The second-order valence-electron chi connectivity index (χ2n) is 18.0. The molecule has 0 rings (SSSR count). The Balaban J connectivity index is 4.77. The summed E-state index contributed by atoms with van der Waals surface area (Å²) in [5.74, 6) is -0.0684. The summed E-state index contributed by atoms with van der Waals surface area (Å²) in [6.07, 6.45) is 14.1. The smallest absolute Gasteiger partial charge is 0.314 e. The third-order valence-electron chi connectivity index (χ3n) is 9.13. The second-order valence-corrected chi connectivity index (χ2v) is 44.6. The maximum Gasteiger partial charge on any atom is 0.314 e. The summed E-state index contributed by atoms with van der Waals surface area (Å²) in [5.41, 5.74) is 0. The highest BCUT2D eigenvalue weighted by Crippen LogP contribution is 2.32. The molecule has 0 aromatic carbocycles. The molecule has 0 aliphatic carbocycles. The van der Waals surface area contributed by atoms with E-state index in [1.54, 1.807) is 0 Å². The number of hydrogen-bond donors (Lipinski definition) is 1. The van der Waals surface area contributed by atoms with E-state index in [2.05, 4.69) is 97.4 Å². The minimum Gasteiger partial charge on any atom is -0.458 e. The highest BCUT2D eigenvalue weighted by Gasteiger charge is 2.44. The minimum atomic E-state index is -2.52. The molecular weight excluding hydrogens is 755 g/mol. The molecule has 51 heavy (non-hydrogen) atoms. The van der Waals surface area contributed by atoms with Crippen LogP contribution >= 0.6 is 0 Å². The van der Waals surface area contributed by atoms with Gasteiger partial charge in [-0.1, -0.05) is 64.7 Å². The molecule has 0 heterocycles. The number of hydrogen-bond acceptors (Lipinski definition) is 7. The fourth-order valence-electron chi connectivity index (χ4n) is 6.76. The van der Waals surface area contributed by atoms with Crippen molar-refractivity contribution < 1.29 is 30.7 Å². The van der Waals surface area contributed by atoms with Gasteiger partial charge < -0.3 is 31.3 Å². The van der Waals surface area contributed by atoms with Crippen LogP contribution in [0.2, 0.25) is 115 Å². The van der Waals surface area contributed by atoms with Crippen molar-refractivity contribution >= 4 is 65.8 Å². The van der Waals surface area contributed by atoms with Crippen molar-refractivity contribution in [1.29, 1.82) is 0 Å². The first-order valence-electron chi connectivity index (χ1n) is 20.8. The predicted molar refractivity (Wildman–Crippen MR) is 239 cm³/mol. The van der Waals surface area contributed by atoms with Gasteiger partial charge in [0, 0.05) is 13.2 Å². The Morgan fingerprint density at radius 3 is 1.37 bits per heavy atom. The van der Waals surface area contributed by atoms with E-state index >= 15 is 0 Å². The van der Waals surface area contributed by atoms with Crippen molar-refractivity contribution in [3.8, 4) is 0 Å². The molecule has 306 valence electrons. The summed E-state index contributed by atoms with van der Waals surface area (Å²) in [6, 6.07) is 5.36. The Labute approximate surface area is 326 Å². The van der Waals surface area contributed by atoms with Crippen molar-refractivity contribution in [2.45, 2.75) is 193 Å². The molecule has 0 aliphatic rings. The van der Waals surface area contributed by atoms with E-state index in [9.17, 15) is 4.79 Å². The third-order valence-corrected chi connectivity index (χ3v) is 34.0. The van der Waals surface area contributed by atoms with Gasteiger partial charge in [-0.15, -0.1) is 0 Å². The van der Waals surface area contributed by atoms with Crippen LogP contribution in [0.3, 0.4) is 0 Å². The van der Waals surface area contributed by atoms with Gasteiger partial charge in [-0.3, -0.25) is 4.79 Å². The summed E-state index contributed by atoms with van der Waals surface area (Å²) >= 11 is 0. The van der Waals surface area contributed by atoms with E-state index in [4.69, 9.17) is 25.9 Å². The van der Waals surface area contributed by atoms with Gasteiger partial charge in [-0.25, -0.2) is 0 Å². The second kappa shape index (κ2) is 27.4. The largest absolute Gasteiger partial charge is 0.458 e. The van der Waals surface area contributed by atoms with Crippen molar-refractivity contribution in [1.82, 2.24) is 5.32 Å². The first kappa shape index (κ1) is 51.7. The standard InChI is InChI=1S/C36H87NO7Si7/c1-15-16-17-18-19-20-21-22-23-24-27-39-28-29-40-35-36(38)37-26-25-30-51(14,43-49(10,11)33-31-47(6,7)41-45(2)3)44-50(12,13)34-32-48(8,9)42-46(4)5/h45-46H,15-35H2,1-14H3,(H,37,38). The van der Waals surface area contributed by atoms with Crippen molar-refractivity contribution in [2.75, 3.05) is 33.0 Å². The van der Waals surface area contributed by atoms with Crippen LogP contribution in [-0.4, -0.2) is 98.8 Å². The molecule has 15 heteroatoms. The van der Waals surface area contributed by atoms with E-state index in [1.165, 1.54) is 57.8 Å². The molecule has 0 unspecified atom stereocenters. The normalized spacial score (nSPS) is 13.5. The Hall–Kier alpha value is 0.748. The third kappa shape index (κ3) is 31.6. The zero-order valence-electron chi connectivity index (χ0n) is 36.4. The maximum atomic E-state index is 12.5. The molecule has 0 atom stereocenters. The van der Waals surface area contributed by atoms with Gasteiger partial charge in [0.25, 0.3) is 0 Å². The lowest BCUT2D eigenvalue weighted by Crippen LogP contribution is -2.55. The molecule has 0 spiro atoms. The number of amides is 1. The average molecular weight is 843 g/mol. The van der Waals surface area contributed by atoms with Crippen LogP contribution in [0.5, 0.6) is 0 Å². The Morgan fingerprint density at radius 1 is 0.510 bits per heavy atom. The molecular formula is C36H87NO7Si7. The highest BCUT2D eigenvalue weighted by atomic mass is 28.5. The number of ether oxygens (including phenoxy) is 2. The quantitative estimate of drug-likeness (QED) is 0.0510. The lowest BCUT2D eigenvalue weighted by molar-refractivity contribution is -0.126. The van der Waals surface area contributed by atoms with Gasteiger partial charge in [0.05, 0.1) is 13.2 Å². The van der Waals surface area contributed by atoms with Gasteiger partial charge in [-0.05, 0) is 128 Å². The first-order chi connectivity index (χ1) is 23.6. The van der Waals surface area contributed by atoms with E-state index in [0.29, 0.717) is 19.8 Å². The van der Waals surface area contributed by atoms with Crippen LogP contribution in [0.4, 0.5) is 0 Å². The van der Waals surface area contributed by atoms with Crippen LogP contribution in [-0.2, 0) is 30.7 Å². The summed E-state index contributed by atoms with van der Waals surface area (Å²) in [7, 11) is -12.1. The molecule has 0 saturated carbocycles. The van der Waals surface area contributed by atoms with E-state index in [-0.39, 0.29) is 12.5 Å². The molecule has 0 aromatic rings. The monoisotopic (exact) mass is 841 g/mol. The highest BCUT2D eigenvalue weighted by molar-refractivity contribution is 6.89.